The molecular weight excluding hydrogens is 532 g/mol. The second-order valence-electron chi connectivity index (χ2n) is 8.62. The number of aromatic nitrogens is 6. The van der Waals surface area contributed by atoms with E-state index in [1.165, 1.54) is 0 Å². The maximum absolute atomic E-state index is 13.8. The molecule has 2 aliphatic heterocycles. The van der Waals surface area contributed by atoms with Crippen LogP contribution in [0.4, 0.5) is 5.95 Å². The van der Waals surface area contributed by atoms with Gasteiger partial charge in [0.1, 0.15) is 28.5 Å². The molecule has 0 radical (unpaired) electrons. The van der Waals surface area contributed by atoms with E-state index in [4.69, 9.17) is 10.7 Å². The molecular formula is C22H22BrN10O3+. The minimum absolute atomic E-state index is 0.136. The van der Waals surface area contributed by atoms with Gasteiger partial charge in [0.2, 0.25) is 5.62 Å². The molecule has 2 atom stereocenters. The number of nitrogens with zero attached hydrogens (tertiary/aromatic N) is 2. The third-order valence-electron chi connectivity index (χ3n) is 6.46. The van der Waals surface area contributed by atoms with E-state index < -0.39 is 12.1 Å². The Morgan fingerprint density at radius 1 is 1.31 bits per heavy atom. The Hall–Kier alpha value is -4.33. The van der Waals surface area contributed by atoms with Crippen molar-refractivity contribution in [2.45, 2.75) is 18.5 Å². The fourth-order valence-corrected chi connectivity index (χ4v) is 5.16. The summed E-state index contributed by atoms with van der Waals surface area (Å²) in [6, 6.07) is 2.44. The van der Waals surface area contributed by atoms with E-state index >= 15 is 0 Å². The number of nitrogen functional groups attached to an aromatic ring is 1. The molecule has 36 heavy (non-hydrogen) atoms. The van der Waals surface area contributed by atoms with Gasteiger partial charge in [-0.15, -0.1) is 0 Å². The van der Waals surface area contributed by atoms with Gasteiger partial charge in [0, 0.05) is 35.5 Å². The van der Waals surface area contributed by atoms with Crippen molar-refractivity contribution in [2.24, 2.45) is 4.99 Å². The molecule has 2 amide bonds. The van der Waals surface area contributed by atoms with Crippen LogP contribution in [-0.2, 0) is 0 Å². The van der Waals surface area contributed by atoms with E-state index in [9.17, 15) is 14.4 Å². The molecule has 0 aliphatic carbocycles. The van der Waals surface area contributed by atoms with Crippen LogP contribution >= 0.6 is 15.9 Å². The highest BCUT2D eigenvalue weighted by molar-refractivity contribution is 9.10. The number of halogens is 1. The lowest BCUT2D eigenvalue weighted by molar-refractivity contribution is -0.358. The molecule has 14 heteroatoms. The van der Waals surface area contributed by atoms with E-state index in [-0.39, 0.29) is 23.9 Å². The molecule has 184 valence electrons. The van der Waals surface area contributed by atoms with Gasteiger partial charge in [-0.3, -0.25) is 24.7 Å². The first-order chi connectivity index (χ1) is 17.4. The number of hydrogen-bond donors (Lipinski definition) is 7. The minimum Gasteiger partial charge on any atom is -0.357 e. The second kappa shape index (κ2) is 8.41. The highest BCUT2D eigenvalue weighted by atomic mass is 79.9. The SMILES string of the molecule is Nc1[nH]c([C@@H]2N=c3[nH]/c(=C4/CCNC(=O)c5[nH]ccc54)c(=O)n3[C@H]2CNC(=O)c2cc(Br)c[nH]2)c[nH+]1. The molecule has 9 N–H and O–H groups in total. The Kier molecular flexibility index (Phi) is 5.17. The standard InChI is InChI=1S/C22H21BrN10O3/c23-9-5-12(27-6-9)18(34)28-8-14-17(13-7-29-21(24)30-13)32-22-31-16(20(36)33(14)22)11-2-4-26-19(35)15-10(11)1-3-25-15/h1,3,5-7,14,17,25,27H,2,4,8H2,(H,26,35)(H,28,34)(H,31,32)(H3,24,29,30)/p+1/b16-11-/t14-,17-/m0/s1. The third kappa shape index (κ3) is 3.57. The first-order valence-corrected chi connectivity index (χ1v) is 12.1. The predicted octanol–water partition coefficient (Wildman–Crippen LogP) is -1.00. The lowest BCUT2D eigenvalue weighted by Crippen LogP contribution is -2.40. The van der Waals surface area contributed by atoms with Crippen LogP contribution in [0.3, 0.4) is 0 Å². The lowest BCUT2D eigenvalue weighted by Gasteiger charge is -2.18. The van der Waals surface area contributed by atoms with E-state index in [1.54, 1.807) is 35.3 Å². The van der Waals surface area contributed by atoms with Gasteiger partial charge >= 0.3 is 5.95 Å². The van der Waals surface area contributed by atoms with Crippen molar-refractivity contribution in [2.75, 3.05) is 18.8 Å². The first kappa shape index (κ1) is 22.2. The molecule has 4 aromatic heterocycles. The molecule has 0 spiro atoms. The number of aromatic amines is 5. The average Bonchev–Trinajstić information content (AvgIpc) is 3.66. The van der Waals surface area contributed by atoms with E-state index in [0.29, 0.717) is 52.5 Å². The van der Waals surface area contributed by atoms with E-state index in [1.807, 2.05) is 0 Å². The largest absolute Gasteiger partial charge is 0.357 e. The molecule has 0 saturated carbocycles. The van der Waals surface area contributed by atoms with Gasteiger partial charge in [-0.2, -0.15) is 0 Å². The first-order valence-electron chi connectivity index (χ1n) is 11.3. The predicted molar refractivity (Wildman–Crippen MR) is 130 cm³/mol. The Morgan fingerprint density at radius 3 is 2.92 bits per heavy atom. The lowest BCUT2D eigenvalue weighted by atomic mass is 10.0. The number of H-pyrrole nitrogens is 5. The fraction of sp³-hybridized carbons (Fsp3) is 0.227. The summed E-state index contributed by atoms with van der Waals surface area (Å²) in [5.41, 5.74) is 8.81. The van der Waals surface area contributed by atoms with Gasteiger partial charge in [0.15, 0.2) is 0 Å². The van der Waals surface area contributed by atoms with Gasteiger partial charge in [0.25, 0.3) is 17.4 Å². The van der Waals surface area contributed by atoms with Gasteiger partial charge in [-0.1, -0.05) is 0 Å². The molecule has 4 aromatic rings. The fourth-order valence-electron chi connectivity index (χ4n) is 4.81. The van der Waals surface area contributed by atoms with Crippen LogP contribution in [0.15, 0.2) is 45.0 Å². The summed E-state index contributed by atoms with van der Waals surface area (Å²) >= 11 is 3.32. The van der Waals surface area contributed by atoms with Crippen LogP contribution in [0.5, 0.6) is 0 Å². The Bertz CT molecular complexity index is 1690. The van der Waals surface area contributed by atoms with Crippen LogP contribution in [0.1, 0.15) is 50.7 Å². The van der Waals surface area contributed by atoms with Gasteiger partial charge < -0.3 is 25.6 Å². The van der Waals surface area contributed by atoms with Crippen molar-refractivity contribution in [3.8, 4) is 0 Å². The molecule has 0 bridgehead atoms. The average molecular weight is 554 g/mol. The number of rotatable bonds is 4. The topological polar surface area (TPSA) is 196 Å². The Labute approximate surface area is 210 Å². The number of carbonyl (C=O) groups excluding carboxylic acids is 2. The van der Waals surface area contributed by atoms with Crippen molar-refractivity contribution < 1.29 is 14.6 Å². The molecule has 6 rings (SSSR count). The molecule has 0 unspecified atom stereocenters. The summed E-state index contributed by atoms with van der Waals surface area (Å²) in [7, 11) is 0. The van der Waals surface area contributed by atoms with Crippen LogP contribution < -0.4 is 37.9 Å². The normalized spacial score (nSPS) is 20.3. The Morgan fingerprint density at radius 2 is 2.17 bits per heavy atom. The molecule has 13 nitrogen and oxygen atoms in total. The Balaban J connectivity index is 1.44. The van der Waals surface area contributed by atoms with Crippen molar-refractivity contribution in [1.82, 2.24) is 35.1 Å². The summed E-state index contributed by atoms with van der Waals surface area (Å²) in [6.07, 6.45) is 5.51. The smallest absolute Gasteiger partial charge is 0.350 e. The number of nitrogens with two attached hydrogens (primary N) is 1. The molecule has 0 saturated heterocycles. The summed E-state index contributed by atoms with van der Waals surface area (Å²) in [6.45, 7) is 0.532. The minimum atomic E-state index is -0.525. The van der Waals surface area contributed by atoms with Gasteiger partial charge in [0.05, 0.1) is 12.2 Å². The van der Waals surface area contributed by atoms with Crippen LogP contribution in [0.25, 0.3) is 5.57 Å². The highest BCUT2D eigenvalue weighted by Crippen LogP contribution is 2.29. The van der Waals surface area contributed by atoms with Crippen LogP contribution in [0, 0.1) is 0 Å². The molecule has 0 fully saturated rings. The zero-order chi connectivity index (χ0) is 25.0. The van der Waals surface area contributed by atoms with Gasteiger partial charge in [-0.25, -0.2) is 15.0 Å². The molecule has 0 aromatic carbocycles. The molecule has 2 aliphatic rings. The molecule has 6 heterocycles. The summed E-state index contributed by atoms with van der Waals surface area (Å²) in [4.78, 5) is 58.6. The van der Waals surface area contributed by atoms with Crippen molar-refractivity contribution in [3.63, 3.8) is 0 Å². The number of hydrogen-bond acceptors (Lipinski definition) is 5. The maximum atomic E-state index is 13.8. The summed E-state index contributed by atoms with van der Waals surface area (Å²) < 4.78 is 2.31. The maximum Gasteiger partial charge on any atom is 0.350 e. The quantitative estimate of drug-likeness (QED) is 0.170. The highest BCUT2D eigenvalue weighted by Gasteiger charge is 2.36. The van der Waals surface area contributed by atoms with E-state index in [0.717, 1.165) is 10.0 Å². The summed E-state index contributed by atoms with van der Waals surface area (Å²) in [5.74, 6) is -0.172. The summed E-state index contributed by atoms with van der Waals surface area (Å²) in [5, 5.41) is 6.10. The zero-order valence-electron chi connectivity index (χ0n) is 18.7. The van der Waals surface area contributed by atoms with Crippen molar-refractivity contribution in [1.29, 1.82) is 0 Å². The second-order valence-corrected chi connectivity index (χ2v) is 9.53. The van der Waals surface area contributed by atoms with Crippen LogP contribution in [0.2, 0.25) is 0 Å². The number of nitrogens with one attached hydrogen (secondary N) is 7. The van der Waals surface area contributed by atoms with Crippen molar-refractivity contribution in [3.05, 3.63) is 79.2 Å². The zero-order valence-corrected chi connectivity index (χ0v) is 20.3. The third-order valence-corrected chi connectivity index (χ3v) is 6.92. The monoisotopic (exact) mass is 553 g/mol. The number of fused-ring (bicyclic) bond motifs is 2. The number of carbonyl (C=O) groups is 2. The number of amides is 2. The van der Waals surface area contributed by atoms with Crippen molar-refractivity contribution >= 4 is 39.3 Å². The van der Waals surface area contributed by atoms with Crippen LogP contribution in [-0.4, -0.2) is 49.4 Å². The van der Waals surface area contributed by atoms with E-state index in [2.05, 4.69) is 51.5 Å². The number of anilines is 1. The number of imidazole rings is 2. The van der Waals surface area contributed by atoms with Gasteiger partial charge in [-0.05, 0) is 40.1 Å².